The Bertz CT molecular complexity index is 639. The maximum atomic E-state index is 11.5. The van der Waals surface area contributed by atoms with E-state index >= 15 is 0 Å². The number of nitrogens with two attached hydrogens (primary N) is 2. The van der Waals surface area contributed by atoms with Crippen molar-refractivity contribution in [1.82, 2.24) is 5.43 Å². The number of nitrogen functional groups attached to an aromatic ring is 1. The number of hydrazine groups is 1. The van der Waals surface area contributed by atoms with E-state index in [0.29, 0.717) is 21.8 Å². The molecule has 0 aliphatic heterocycles. The largest absolute Gasteiger partial charge is 0.488 e. The Kier molecular flexibility index (Phi) is 4.34. The molecule has 20 heavy (non-hydrogen) atoms. The molecule has 2 rings (SSSR count). The fraction of sp³-hybridized carbons (Fsp3) is 0.0769. The van der Waals surface area contributed by atoms with Crippen molar-refractivity contribution in [2.45, 2.75) is 6.61 Å². The molecule has 0 saturated carbocycles. The molecule has 0 spiro atoms. The van der Waals surface area contributed by atoms with Crippen LogP contribution in [0.2, 0.25) is 0 Å². The molecule has 0 saturated heterocycles. The van der Waals surface area contributed by atoms with Crippen molar-refractivity contribution in [3.8, 4) is 5.75 Å². The Hall–Kier alpha value is -2.38. The first-order chi connectivity index (χ1) is 9.63. The number of hydrogen-bond acceptors (Lipinski definition) is 5. The minimum Gasteiger partial charge on any atom is -0.488 e. The number of ether oxygens (including phenoxy) is 1. The van der Waals surface area contributed by atoms with Gasteiger partial charge in [0.15, 0.2) is 0 Å². The summed E-state index contributed by atoms with van der Waals surface area (Å²) in [6.45, 7) is 0.149. The average molecular weight is 291 g/mol. The Labute approximate surface area is 119 Å². The molecule has 2 aromatic rings. The van der Waals surface area contributed by atoms with Gasteiger partial charge in [-0.25, -0.2) is 5.84 Å². The molecule has 6 nitrogen and oxygen atoms in total. The van der Waals surface area contributed by atoms with Crippen LogP contribution in [0, 0.1) is 0 Å². The van der Waals surface area contributed by atoms with Gasteiger partial charge in [0.25, 0.3) is 11.8 Å². The van der Waals surface area contributed by atoms with E-state index in [2.05, 4.69) is 5.43 Å². The number of hydrogen-bond donors (Lipinski definition) is 3. The third-order valence-corrected chi connectivity index (χ3v) is 3.58. The number of amides is 2. The van der Waals surface area contributed by atoms with Gasteiger partial charge in [0.1, 0.15) is 12.4 Å². The topological polar surface area (TPSA) is 107 Å². The van der Waals surface area contributed by atoms with Gasteiger partial charge < -0.3 is 10.5 Å². The van der Waals surface area contributed by atoms with Gasteiger partial charge >= 0.3 is 0 Å². The smallest absolute Gasteiger partial charge is 0.275 e. The summed E-state index contributed by atoms with van der Waals surface area (Å²) in [7, 11) is 0. The molecule has 0 fully saturated rings. The van der Waals surface area contributed by atoms with Gasteiger partial charge in [0.2, 0.25) is 0 Å². The lowest BCUT2D eigenvalue weighted by Crippen LogP contribution is -2.30. The molecule has 104 valence electrons. The number of benzene rings is 1. The molecule has 5 N–H and O–H groups in total. The zero-order chi connectivity index (χ0) is 14.5. The van der Waals surface area contributed by atoms with Gasteiger partial charge in [-0.15, -0.1) is 11.3 Å². The lowest BCUT2D eigenvalue weighted by Gasteiger charge is -2.09. The SMILES string of the molecule is NNC(=O)c1sccc1COc1ccccc1C(N)=O. The standard InChI is InChI=1S/C13H13N3O3S/c14-12(17)9-3-1-2-4-10(9)19-7-8-5-6-20-11(8)13(18)16-15/h1-6H,7,15H2,(H2,14,17)(H,16,18). The number of thiophene rings is 1. The van der Waals surface area contributed by atoms with Gasteiger partial charge in [0.05, 0.1) is 10.4 Å². The third-order valence-electron chi connectivity index (χ3n) is 2.62. The molecule has 0 radical (unpaired) electrons. The normalized spacial score (nSPS) is 10.1. The minimum absolute atomic E-state index is 0.149. The van der Waals surface area contributed by atoms with E-state index in [1.165, 1.54) is 11.3 Å². The Balaban J connectivity index is 2.16. The van der Waals surface area contributed by atoms with E-state index in [0.717, 1.165) is 0 Å². The van der Waals surface area contributed by atoms with E-state index in [1.807, 2.05) is 0 Å². The first-order valence-electron chi connectivity index (χ1n) is 5.72. The van der Waals surface area contributed by atoms with Crippen molar-refractivity contribution in [3.63, 3.8) is 0 Å². The molecule has 0 bridgehead atoms. The molecular formula is C13H13N3O3S. The molecule has 1 heterocycles. The number of primary amides is 1. The molecule has 0 aliphatic rings. The lowest BCUT2D eigenvalue weighted by atomic mass is 10.2. The Morgan fingerprint density at radius 2 is 2.00 bits per heavy atom. The van der Waals surface area contributed by atoms with Gasteiger partial charge in [0, 0.05) is 5.56 Å². The highest BCUT2D eigenvalue weighted by atomic mass is 32.1. The van der Waals surface area contributed by atoms with Crippen molar-refractivity contribution < 1.29 is 14.3 Å². The maximum absolute atomic E-state index is 11.5. The second kappa shape index (κ2) is 6.18. The summed E-state index contributed by atoms with van der Waals surface area (Å²) in [5.74, 6) is 4.55. The number of para-hydroxylation sites is 1. The van der Waals surface area contributed by atoms with E-state index in [4.69, 9.17) is 16.3 Å². The highest BCUT2D eigenvalue weighted by Gasteiger charge is 2.14. The summed E-state index contributed by atoms with van der Waals surface area (Å²) in [6.07, 6.45) is 0. The summed E-state index contributed by atoms with van der Waals surface area (Å²) in [5, 5.41) is 1.77. The predicted molar refractivity (Wildman–Crippen MR) is 75.3 cm³/mol. The highest BCUT2D eigenvalue weighted by Crippen LogP contribution is 2.22. The number of rotatable bonds is 5. The lowest BCUT2D eigenvalue weighted by molar-refractivity contribution is 0.0952. The number of carbonyl (C=O) groups excluding carboxylic acids is 2. The quantitative estimate of drug-likeness (QED) is 0.434. The summed E-state index contributed by atoms with van der Waals surface area (Å²) in [5.41, 5.74) is 8.33. The van der Waals surface area contributed by atoms with Gasteiger partial charge in [-0.3, -0.25) is 15.0 Å². The van der Waals surface area contributed by atoms with Crippen LogP contribution in [0.15, 0.2) is 35.7 Å². The van der Waals surface area contributed by atoms with Crippen LogP contribution < -0.4 is 21.7 Å². The summed E-state index contributed by atoms with van der Waals surface area (Å²) >= 11 is 1.26. The van der Waals surface area contributed by atoms with Crippen molar-refractivity contribution >= 4 is 23.2 Å². The Morgan fingerprint density at radius 3 is 2.70 bits per heavy atom. The zero-order valence-corrected chi connectivity index (χ0v) is 11.3. The van der Waals surface area contributed by atoms with E-state index in [9.17, 15) is 9.59 Å². The second-order valence-corrected chi connectivity index (χ2v) is 4.81. The predicted octanol–water partition coefficient (Wildman–Crippen LogP) is 1.03. The highest BCUT2D eigenvalue weighted by molar-refractivity contribution is 7.12. The van der Waals surface area contributed by atoms with Crippen LogP contribution in [-0.2, 0) is 6.61 Å². The van der Waals surface area contributed by atoms with Crippen LogP contribution in [0.25, 0.3) is 0 Å². The number of carbonyl (C=O) groups is 2. The third kappa shape index (κ3) is 2.95. The molecule has 2 amide bonds. The molecule has 7 heteroatoms. The van der Waals surface area contributed by atoms with E-state index in [-0.39, 0.29) is 12.5 Å². The molecule has 0 unspecified atom stereocenters. The average Bonchev–Trinajstić information content (AvgIpc) is 2.92. The van der Waals surface area contributed by atoms with Gasteiger partial charge in [-0.2, -0.15) is 0 Å². The monoisotopic (exact) mass is 291 g/mol. The van der Waals surface area contributed by atoms with Crippen LogP contribution >= 0.6 is 11.3 Å². The van der Waals surface area contributed by atoms with Crippen molar-refractivity contribution in [2.24, 2.45) is 11.6 Å². The van der Waals surface area contributed by atoms with Crippen LogP contribution in [0.1, 0.15) is 25.6 Å². The molecule has 1 aromatic heterocycles. The Morgan fingerprint density at radius 1 is 1.25 bits per heavy atom. The first-order valence-corrected chi connectivity index (χ1v) is 6.60. The molecule has 0 aliphatic carbocycles. The molecule has 1 aromatic carbocycles. The fourth-order valence-electron chi connectivity index (χ4n) is 1.67. The summed E-state index contributed by atoms with van der Waals surface area (Å²) in [6, 6.07) is 8.43. The van der Waals surface area contributed by atoms with Crippen LogP contribution in [0.4, 0.5) is 0 Å². The van der Waals surface area contributed by atoms with Crippen LogP contribution in [-0.4, -0.2) is 11.8 Å². The fourth-order valence-corrected chi connectivity index (χ4v) is 2.48. The number of nitrogens with one attached hydrogen (secondary N) is 1. The minimum atomic E-state index is -0.564. The van der Waals surface area contributed by atoms with Gasteiger partial charge in [-0.1, -0.05) is 12.1 Å². The first kappa shape index (κ1) is 14.0. The summed E-state index contributed by atoms with van der Waals surface area (Å²) in [4.78, 5) is 23.3. The second-order valence-electron chi connectivity index (χ2n) is 3.90. The van der Waals surface area contributed by atoms with Crippen LogP contribution in [0.3, 0.4) is 0 Å². The zero-order valence-electron chi connectivity index (χ0n) is 10.5. The van der Waals surface area contributed by atoms with E-state index < -0.39 is 5.91 Å². The van der Waals surface area contributed by atoms with Crippen molar-refractivity contribution in [3.05, 3.63) is 51.7 Å². The van der Waals surface area contributed by atoms with E-state index in [1.54, 1.807) is 35.7 Å². The van der Waals surface area contributed by atoms with Crippen molar-refractivity contribution in [2.75, 3.05) is 0 Å². The molecule has 0 atom stereocenters. The maximum Gasteiger partial charge on any atom is 0.275 e. The van der Waals surface area contributed by atoms with Crippen LogP contribution in [0.5, 0.6) is 5.75 Å². The molecular weight excluding hydrogens is 278 g/mol. The van der Waals surface area contributed by atoms with Crippen molar-refractivity contribution in [1.29, 1.82) is 0 Å². The summed E-state index contributed by atoms with van der Waals surface area (Å²) < 4.78 is 5.56. The van der Waals surface area contributed by atoms with Gasteiger partial charge in [-0.05, 0) is 23.6 Å².